The summed E-state index contributed by atoms with van der Waals surface area (Å²) in [5, 5.41) is 11.6. The molecule has 0 radical (unpaired) electrons. The highest BCUT2D eigenvalue weighted by atomic mass is 16.5. The molecule has 0 saturated carbocycles. The molecule has 4 nitrogen and oxygen atoms in total. The molecule has 0 saturated heterocycles. The monoisotopic (exact) mass is 290 g/mol. The fourth-order valence-electron chi connectivity index (χ4n) is 2.33. The molecule has 1 amide bonds. The van der Waals surface area contributed by atoms with Gasteiger partial charge in [0.1, 0.15) is 5.75 Å². The molecule has 22 heavy (non-hydrogen) atoms. The van der Waals surface area contributed by atoms with Crippen LogP contribution in [-0.2, 0) is 11.2 Å². The number of benzene rings is 2. The Labute approximate surface area is 128 Å². The standard InChI is InChI=1S/C18H14N2O2/c19-12-14-2-1-3-16(11-14)20-18(21)7-5-13-4-6-17-15(10-13)8-9-22-17/h1-7,10-11H,8-9H2,(H,20,21)/b7-5+. The molecule has 1 aliphatic rings. The van der Waals surface area contributed by atoms with Crippen LogP contribution in [0, 0.1) is 11.3 Å². The van der Waals surface area contributed by atoms with Gasteiger partial charge in [-0.25, -0.2) is 0 Å². The van der Waals surface area contributed by atoms with E-state index in [4.69, 9.17) is 10.00 Å². The third-order valence-corrected chi connectivity index (χ3v) is 3.40. The summed E-state index contributed by atoms with van der Waals surface area (Å²) in [7, 11) is 0. The van der Waals surface area contributed by atoms with Crippen molar-refractivity contribution in [3.05, 3.63) is 65.2 Å². The lowest BCUT2D eigenvalue weighted by molar-refractivity contribution is -0.111. The van der Waals surface area contributed by atoms with E-state index in [0.29, 0.717) is 11.3 Å². The van der Waals surface area contributed by atoms with E-state index in [9.17, 15) is 4.79 Å². The van der Waals surface area contributed by atoms with Crippen LogP contribution >= 0.6 is 0 Å². The zero-order valence-corrected chi connectivity index (χ0v) is 11.9. The number of rotatable bonds is 3. The summed E-state index contributed by atoms with van der Waals surface area (Å²) in [6.07, 6.45) is 4.16. The minimum absolute atomic E-state index is 0.230. The number of nitrogens with one attached hydrogen (secondary N) is 1. The topological polar surface area (TPSA) is 62.1 Å². The number of carbonyl (C=O) groups is 1. The van der Waals surface area contributed by atoms with E-state index in [2.05, 4.69) is 5.32 Å². The highest BCUT2D eigenvalue weighted by Crippen LogP contribution is 2.26. The van der Waals surface area contributed by atoms with Crippen LogP contribution in [-0.4, -0.2) is 12.5 Å². The van der Waals surface area contributed by atoms with Crippen molar-refractivity contribution in [3.8, 4) is 11.8 Å². The number of nitrogens with zero attached hydrogens (tertiary/aromatic N) is 1. The van der Waals surface area contributed by atoms with Crippen LogP contribution < -0.4 is 10.1 Å². The average molecular weight is 290 g/mol. The van der Waals surface area contributed by atoms with Crippen molar-refractivity contribution in [2.75, 3.05) is 11.9 Å². The Morgan fingerprint density at radius 2 is 2.18 bits per heavy atom. The second-order valence-electron chi connectivity index (χ2n) is 4.98. The fourth-order valence-corrected chi connectivity index (χ4v) is 2.33. The van der Waals surface area contributed by atoms with Crippen LogP contribution in [0.25, 0.3) is 6.08 Å². The lowest BCUT2D eigenvalue weighted by atomic mass is 10.1. The molecule has 0 atom stereocenters. The molecule has 2 aromatic carbocycles. The quantitative estimate of drug-likeness (QED) is 0.883. The number of carbonyl (C=O) groups excluding carboxylic acids is 1. The Balaban J connectivity index is 1.67. The van der Waals surface area contributed by atoms with E-state index in [1.807, 2.05) is 24.3 Å². The Hall–Kier alpha value is -3.06. The zero-order chi connectivity index (χ0) is 15.4. The average Bonchev–Trinajstić information content (AvgIpc) is 3.00. The van der Waals surface area contributed by atoms with Crippen molar-refractivity contribution in [1.29, 1.82) is 5.26 Å². The second kappa shape index (κ2) is 6.15. The number of anilines is 1. The van der Waals surface area contributed by atoms with Gasteiger partial charge in [-0.3, -0.25) is 4.79 Å². The molecule has 0 spiro atoms. The normalized spacial score (nSPS) is 12.5. The van der Waals surface area contributed by atoms with Crippen molar-refractivity contribution < 1.29 is 9.53 Å². The van der Waals surface area contributed by atoms with Crippen molar-refractivity contribution in [1.82, 2.24) is 0 Å². The van der Waals surface area contributed by atoms with Crippen molar-refractivity contribution >= 4 is 17.7 Å². The first-order chi connectivity index (χ1) is 10.7. The maximum atomic E-state index is 11.9. The molecule has 1 heterocycles. The zero-order valence-electron chi connectivity index (χ0n) is 11.9. The van der Waals surface area contributed by atoms with Gasteiger partial charge in [0.05, 0.1) is 18.2 Å². The van der Waals surface area contributed by atoms with Crippen LogP contribution in [0.1, 0.15) is 16.7 Å². The molecular weight excluding hydrogens is 276 g/mol. The molecule has 0 fully saturated rings. The molecule has 1 aliphatic heterocycles. The molecular formula is C18H14N2O2. The number of nitriles is 1. The highest BCUT2D eigenvalue weighted by Gasteiger charge is 2.11. The molecule has 0 unspecified atom stereocenters. The largest absolute Gasteiger partial charge is 0.493 e. The SMILES string of the molecule is N#Cc1cccc(NC(=O)/C=C/c2ccc3c(c2)CCO3)c1. The van der Waals surface area contributed by atoms with Crippen molar-refractivity contribution in [2.24, 2.45) is 0 Å². The van der Waals surface area contributed by atoms with E-state index in [1.165, 1.54) is 11.6 Å². The van der Waals surface area contributed by atoms with E-state index >= 15 is 0 Å². The summed E-state index contributed by atoms with van der Waals surface area (Å²) in [5.74, 6) is 0.696. The predicted octanol–water partition coefficient (Wildman–Crippen LogP) is 3.15. The van der Waals surface area contributed by atoms with Crippen LogP contribution in [0.2, 0.25) is 0 Å². The summed E-state index contributed by atoms with van der Waals surface area (Å²) < 4.78 is 5.45. The third-order valence-electron chi connectivity index (χ3n) is 3.40. The first kappa shape index (κ1) is 13.9. The van der Waals surface area contributed by atoms with Gasteiger partial charge in [0.15, 0.2) is 0 Å². The van der Waals surface area contributed by atoms with E-state index in [-0.39, 0.29) is 5.91 Å². The van der Waals surface area contributed by atoms with E-state index in [1.54, 1.807) is 30.3 Å². The number of amides is 1. The van der Waals surface area contributed by atoms with Gasteiger partial charge in [-0.05, 0) is 47.5 Å². The Morgan fingerprint density at radius 3 is 3.05 bits per heavy atom. The first-order valence-corrected chi connectivity index (χ1v) is 6.99. The molecule has 0 bridgehead atoms. The summed E-state index contributed by atoms with van der Waals surface area (Å²) in [6, 6.07) is 14.7. The second-order valence-corrected chi connectivity index (χ2v) is 4.98. The molecule has 1 N–H and O–H groups in total. The van der Waals surface area contributed by atoms with E-state index in [0.717, 1.165) is 24.3 Å². The van der Waals surface area contributed by atoms with Crippen LogP contribution in [0.5, 0.6) is 5.75 Å². The molecule has 3 rings (SSSR count). The summed E-state index contributed by atoms with van der Waals surface area (Å²) in [4.78, 5) is 11.9. The summed E-state index contributed by atoms with van der Waals surface area (Å²) >= 11 is 0. The van der Waals surface area contributed by atoms with Gasteiger partial charge in [0.2, 0.25) is 5.91 Å². The maximum Gasteiger partial charge on any atom is 0.248 e. The van der Waals surface area contributed by atoms with Gasteiger partial charge in [-0.1, -0.05) is 12.1 Å². The van der Waals surface area contributed by atoms with Gasteiger partial charge < -0.3 is 10.1 Å². The lowest BCUT2D eigenvalue weighted by Crippen LogP contribution is -2.07. The molecule has 0 aromatic heterocycles. The smallest absolute Gasteiger partial charge is 0.248 e. The van der Waals surface area contributed by atoms with Crippen LogP contribution in [0.4, 0.5) is 5.69 Å². The summed E-state index contributed by atoms with van der Waals surface area (Å²) in [5.41, 5.74) is 3.26. The fraction of sp³-hybridized carbons (Fsp3) is 0.111. The minimum atomic E-state index is -0.230. The summed E-state index contributed by atoms with van der Waals surface area (Å²) in [6.45, 7) is 0.720. The van der Waals surface area contributed by atoms with Gasteiger partial charge in [-0.15, -0.1) is 0 Å². The van der Waals surface area contributed by atoms with Gasteiger partial charge in [0, 0.05) is 18.2 Å². The van der Waals surface area contributed by atoms with Crippen LogP contribution in [0.3, 0.4) is 0 Å². The molecule has 2 aromatic rings. The number of ether oxygens (including phenoxy) is 1. The van der Waals surface area contributed by atoms with Gasteiger partial charge >= 0.3 is 0 Å². The third kappa shape index (κ3) is 3.15. The highest BCUT2D eigenvalue weighted by molar-refractivity contribution is 6.02. The van der Waals surface area contributed by atoms with Crippen molar-refractivity contribution in [3.63, 3.8) is 0 Å². The first-order valence-electron chi connectivity index (χ1n) is 6.99. The molecule has 0 aliphatic carbocycles. The Kier molecular flexibility index (Phi) is 3.88. The van der Waals surface area contributed by atoms with Crippen molar-refractivity contribution in [2.45, 2.75) is 6.42 Å². The van der Waals surface area contributed by atoms with Gasteiger partial charge in [-0.2, -0.15) is 5.26 Å². The Bertz CT molecular complexity index is 788. The van der Waals surface area contributed by atoms with Gasteiger partial charge in [0.25, 0.3) is 0 Å². The number of fused-ring (bicyclic) bond motifs is 1. The lowest BCUT2D eigenvalue weighted by Gasteiger charge is -2.02. The Morgan fingerprint density at radius 1 is 1.27 bits per heavy atom. The maximum absolute atomic E-state index is 11.9. The molecule has 108 valence electrons. The van der Waals surface area contributed by atoms with Crippen LogP contribution in [0.15, 0.2) is 48.5 Å². The number of hydrogen-bond acceptors (Lipinski definition) is 3. The van der Waals surface area contributed by atoms with E-state index < -0.39 is 0 Å². The predicted molar refractivity (Wildman–Crippen MR) is 84.5 cm³/mol. The minimum Gasteiger partial charge on any atom is -0.493 e. The molecule has 4 heteroatoms. The number of hydrogen-bond donors (Lipinski definition) is 1.